The Morgan fingerprint density at radius 2 is 2.00 bits per heavy atom. The third-order valence-electron chi connectivity index (χ3n) is 4.76. The quantitative estimate of drug-likeness (QED) is 0.864. The largest absolute Gasteiger partial charge is 0.416 e. The van der Waals surface area contributed by atoms with Crippen LogP contribution in [0.25, 0.3) is 0 Å². The molecule has 1 aromatic carbocycles. The lowest BCUT2D eigenvalue weighted by Crippen LogP contribution is -2.31. The van der Waals surface area contributed by atoms with Crippen molar-refractivity contribution in [2.45, 2.75) is 25.2 Å². The van der Waals surface area contributed by atoms with E-state index >= 15 is 0 Å². The highest BCUT2D eigenvalue weighted by molar-refractivity contribution is 5.87. The Labute approximate surface area is 133 Å². The summed E-state index contributed by atoms with van der Waals surface area (Å²) in [6.07, 6.45) is -2.00. The summed E-state index contributed by atoms with van der Waals surface area (Å²) in [5, 5.41) is 2.95. The van der Waals surface area contributed by atoms with Gasteiger partial charge in [0.25, 0.3) is 0 Å². The first-order valence-corrected chi connectivity index (χ1v) is 7.70. The lowest BCUT2D eigenvalue weighted by molar-refractivity contribution is -0.137. The van der Waals surface area contributed by atoms with Crippen molar-refractivity contribution in [3.63, 3.8) is 0 Å². The van der Waals surface area contributed by atoms with Gasteiger partial charge in [-0.05, 0) is 48.6 Å². The van der Waals surface area contributed by atoms with Crippen molar-refractivity contribution < 1.29 is 18.0 Å². The fourth-order valence-electron chi connectivity index (χ4n) is 3.45. The molecule has 3 unspecified atom stereocenters. The van der Waals surface area contributed by atoms with Crippen molar-refractivity contribution >= 4 is 5.91 Å². The molecule has 1 saturated carbocycles. The van der Waals surface area contributed by atoms with Gasteiger partial charge >= 0.3 is 6.18 Å². The second-order valence-electron chi connectivity index (χ2n) is 6.28. The van der Waals surface area contributed by atoms with Gasteiger partial charge in [-0.25, -0.2) is 0 Å². The number of likely N-dealkylation sites (tertiary alicyclic amines) is 1. The number of alkyl halides is 3. The number of piperidine rings is 1. The SMILES string of the molecule is C=CC(=O)NC1C2CCN(Cc3ccc(C(F)(F)F)cc3)CC21. The molecular formula is C17H19F3N2O. The van der Waals surface area contributed by atoms with Gasteiger partial charge in [0.1, 0.15) is 0 Å². The van der Waals surface area contributed by atoms with Crippen LogP contribution in [0.1, 0.15) is 17.5 Å². The van der Waals surface area contributed by atoms with Crippen LogP contribution in [-0.4, -0.2) is 29.9 Å². The van der Waals surface area contributed by atoms with Gasteiger partial charge in [-0.1, -0.05) is 18.7 Å². The summed E-state index contributed by atoms with van der Waals surface area (Å²) in [7, 11) is 0. The minimum Gasteiger partial charge on any atom is -0.349 e. The van der Waals surface area contributed by atoms with Crippen LogP contribution in [0.5, 0.6) is 0 Å². The average Bonchev–Trinajstić information content (AvgIpc) is 3.19. The van der Waals surface area contributed by atoms with E-state index in [1.807, 2.05) is 0 Å². The first-order valence-electron chi connectivity index (χ1n) is 7.70. The minimum atomic E-state index is -4.29. The van der Waals surface area contributed by atoms with E-state index < -0.39 is 11.7 Å². The van der Waals surface area contributed by atoms with Crippen LogP contribution in [-0.2, 0) is 17.5 Å². The summed E-state index contributed by atoms with van der Waals surface area (Å²) in [5.74, 6) is 0.837. The lowest BCUT2D eigenvalue weighted by Gasteiger charge is -2.25. The first-order chi connectivity index (χ1) is 10.9. The number of halogens is 3. The molecule has 1 amide bonds. The molecule has 1 N–H and O–H groups in total. The zero-order chi connectivity index (χ0) is 16.6. The maximum Gasteiger partial charge on any atom is 0.416 e. The molecule has 1 saturated heterocycles. The van der Waals surface area contributed by atoms with E-state index in [4.69, 9.17) is 0 Å². The normalized spacial score (nSPS) is 27.2. The van der Waals surface area contributed by atoms with Gasteiger partial charge < -0.3 is 5.32 Å². The molecule has 0 spiro atoms. The fraction of sp³-hybridized carbons (Fsp3) is 0.471. The van der Waals surface area contributed by atoms with E-state index in [0.717, 1.165) is 37.2 Å². The molecule has 3 rings (SSSR count). The Morgan fingerprint density at radius 1 is 1.30 bits per heavy atom. The Hall–Kier alpha value is -1.82. The number of amides is 1. The molecule has 0 aromatic heterocycles. The summed E-state index contributed by atoms with van der Waals surface area (Å²) < 4.78 is 37.7. The van der Waals surface area contributed by atoms with Crippen LogP contribution in [0.2, 0.25) is 0 Å². The Bertz CT molecular complexity index is 597. The van der Waals surface area contributed by atoms with Crippen molar-refractivity contribution in [3.8, 4) is 0 Å². The number of hydrogen-bond acceptors (Lipinski definition) is 2. The van der Waals surface area contributed by atoms with Gasteiger partial charge in [0.2, 0.25) is 5.91 Å². The highest BCUT2D eigenvalue weighted by atomic mass is 19.4. The number of nitrogens with zero attached hydrogens (tertiary/aromatic N) is 1. The zero-order valence-electron chi connectivity index (χ0n) is 12.6. The molecule has 3 nitrogen and oxygen atoms in total. The maximum absolute atomic E-state index is 12.6. The van der Waals surface area contributed by atoms with Gasteiger partial charge in [0.05, 0.1) is 5.56 Å². The summed E-state index contributed by atoms with van der Waals surface area (Å²) >= 11 is 0. The molecule has 1 heterocycles. The van der Waals surface area contributed by atoms with Gasteiger partial charge in [0, 0.05) is 19.1 Å². The molecule has 124 valence electrons. The molecule has 1 aromatic rings. The smallest absolute Gasteiger partial charge is 0.349 e. The molecule has 3 atom stereocenters. The van der Waals surface area contributed by atoms with E-state index in [9.17, 15) is 18.0 Å². The van der Waals surface area contributed by atoms with Crippen molar-refractivity contribution in [1.82, 2.24) is 10.2 Å². The average molecular weight is 324 g/mol. The number of hydrogen-bond donors (Lipinski definition) is 1. The van der Waals surface area contributed by atoms with Crippen molar-refractivity contribution in [2.75, 3.05) is 13.1 Å². The maximum atomic E-state index is 12.6. The van der Waals surface area contributed by atoms with Crippen LogP contribution in [0.4, 0.5) is 13.2 Å². The lowest BCUT2D eigenvalue weighted by atomic mass is 10.1. The van der Waals surface area contributed by atoms with Crippen LogP contribution >= 0.6 is 0 Å². The van der Waals surface area contributed by atoms with Crippen LogP contribution in [0.3, 0.4) is 0 Å². The summed E-state index contributed by atoms with van der Waals surface area (Å²) in [4.78, 5) is 13.6. The predicted molar refractivity (Wildman–Crippen MR) is 80.4 cm³/mol. The van der Waals surface area contributed by atoms with Gasteiger partial charge in [-0.15, -0.1) is 0 Å². The van der Waals surface area contributed by atoms with Crippen LogP contribution in [0.15, 0.2) is 36.9 Å². The molecular weight excluding hydrogens is 305 g/mol. The third kappa shape index (κ3) is 3.58. The standard InChI is InChI=1S/C17H19F3N2O/c1-2-15(23)21-16-13-7-8-22(10-14(13)16)9-11-3-5-12(6-4-11)17(18,19)20/h2-6,13-14,16H,1,7-10H2,(H,21,23). The monoisotopic (exact) mass is 324 g/mol. The number of benzene rings is 1. The van der Waals surface area contributed by atoms with Crippen molar-refractivity contribution in [1.29, 1.82) is 0 Å². The molecule has 0 radical (unpaired) electrons. The van der Waals surface area contributed by atoms with Gasteiger partial charge in [-0.3, -0.25) is 9.69 Å². The van der Waals surface area contributed by atoms with Crippen molar-refractivity contribution in [2.24, 2.45) is 11.8 Å². The molecule has 2 aliphatic rings. The van der Waals surface area contributed by atoms with E-state index in [1.54, 1.807) is 12.1 Å². The Kier molecular flexibility index (Phi) is 4.19. The number of rotatable bonds is 4. The number of carbonyl (C=O) groups excluding carboxylic acids is 1. The predicted octanol–water partition coefficient (Wildman–Crippen LogP) is 2.83. The first kappa shape index (κ1) is 16.1. The molecule has 1 aliphatic heterocycles. The second-order valence-corrected chi connectivity index (χ2v) is 6.28. The fourth-order valence-corrected chi connectivity index (χ4v) is 3.45. The van der Waals surface area contributed by atoms with E-state index in [1.165, 1.54) is 6.08 Å². The molecule has 6 heteroatoms. The molecule has 2 fully saturated rings. The molecule has 0 bridgehead atoms. The summed E-state index contributed by atoms with van der Waals surface area (Å²) in [6.45, 7) is 5.87. The molecule has 23 heavy (non-hydrogen) atoms. The minimum absolute atomic E-state index is 0.140. The van der Waals surface area contributed by atoms with E-state index in [0.29, 0.717) is 18.4 Å². The van der Waals surface area contributed by atoms with Gasteiger partial charge in [-0.2, -0.15) is 13.2 Å². The van der Waals surface area contributed by atoms with Crippen LogP contribution < -0.4 is 5.32 Å². The Balaban J connectivity index is 1.54. The second kappa shape index (κ2) is 6.00. The highest BCUT2D eigenvalue weighted by Crippen LogP contribution is 2.45. The zero-order valence-corrected chi connectivity index (χ0v) is 12.6. The van der Waals surface area contributed by atoms with E-state index in [-0.39, 0.29) is 11.9 Å². The number of nitrogens with one attached hydrogen (secondary N) is 1. The van der Waals surface area contributed by atoms with Gasteiger partial charge in [0.15, 0.2) is 0 Å². The number of fused-ring (bicyclic) bond motifs is 1. The van der Waals surface area contributed by atoms with Crippen LogP contribution in [0, 0.1) is 11.8 Å². The topological polar surface area (TPSA) is 32.3 Å². The third-order valence-corrected chi connectivity index (χ3v) is 4.76. The van der Waals surface area contributed by atoms with E-state index in [2.05, 4.69) is 16.8 Å². The number of carbonyl (C=O) groups is 1. The summed E-state index contributed by atoms with van der Waals surface area (Å²) in [5.41, 5.74) is 0.262. The Morgan fingerprint density at radius 3 is 2.61 bits per heavy atom. The molecule has 1 aliphatic carbocycles. The highest BCUT2D eigenvalue weighted by Gasteiger charge is 2.53. The van der Waals surface area contributed by atoms with Crippen molar-refractivity contribution in [3.05, 3.63) is 48.0 Å². The summed E-state index contributed by atoms with van der Waals surface area (Å²) in [6, 6.07) is 5.56.